The van der Waals surface area contributed by atoms with Crippen LogP contribution in [0.1, 0.15) is 17.7 Å². The summed E-state index contributed by atoms with van der Waals surface area (Å²) in [6, 6.07) is 11.6. The number of benzene rings is 1. The van der Waals surface area contributed by atoms with Gasteiger partial charge in [-0.05, 0) is 12.1 Å². The van der Waals surface area contributed by atoms with Crippen molar-refractivity contribution >= 4 is 17.9 Å². The minimum atomic E-state index is -0.872. The molecule has 1 spiro atoms. The Bertz CT molecular complexity index is 757. The van der Waals surface area contributed by atoms with Gasteiger partial charge in [0, 0.05) is 17.5 Å². The van der Waals surface area contributed by atoms with Crippen molar-refractivity contribution in [2.24, 2.45) is 0 Å². The van der Waals surface area contributed by atoms with Crippen LogP contribution in [0.15, 0.2) is 46.9 Å². The highest BCUT2D eigenvalue weighted by Crippen LogP contribution is 2.44. The van der Waals surface area contributed by atoms with Gasteiger partial charge in [-0.3, -0.25) is 14.9 Å². The molecule has 4 rings (SSSR count). The van der Waals surface area contributed by atoms with Gasteiger partial charge < -0.3 is 4.42 Å². The summed E-state index contributed by atoms with van der Waals surface area (Å²) in [7, 11) is 0. The standard InChI is InChI=1S/C16H11NO3/c18-14-9-16(15(19)17-14)7-6-12-11(16)8-13(20-12)10-4-2-1-3-5-10/h1-8H,9H2,(H,17,18,19). The first-order valence-corrected chi connectivity index (χ1v) is 6.42. The van der Waals surface area contributed by atoms with Gasteiger partial charge in [-0.1, -0.05) is 36.4 Å². The number of nitrogens with one attached hydrogen (secondary N) is 1. The van der Waals surface area contributed by atoms with Crippen molar-refractivity contribution in [1.29, 1.82) is 0 Å². The Balaban J connectivity index is 1.84. The molecule has 1 fully saturated rings. The molecular formula is C16H11NO3. The zero-order valence-electron chi connectivity index (χ0n) is 10.6. The van der Waals surface area contributed by atoms with Crippen molar-refractivity contribution in [3.8, 4) is 11.3 Å². The fourth-order valence-electron chi connectivity index (χ4n) is 2.90. The minimum absolute atomic E-state index is 0.156. The second kappa shape index (κ2) is 3.70. The Hall–Kier alpha value is -2.62. The maximum Gasteiger partial charge on any atom is 0.241 e. The molecule has 1 atom stereocenters. The first-order chi connectivity index (χ1) is 9.69. The molecule has 2 heterocycles. The second-order valence-electron chi connectivity index (χ2n) is 5.11. The van der Waals surface area contributed by atoms with E-state index in [9.17, 15) is 9.59 Å². The quantitative estimate of drug-likeness (QED) is 0.804. The third-order valence-electron chi connectivity index (χ3n) is 3.92. The van der Waals surface area contributed by atoms with Crippen LogP contribution >= 0.6 is 0 Å². The first kappa shape index (κ1) is 11.2. The predicted molar refractivity (Wildman–Crippen MR) is 72.6 cm³/mol. The third kappa shape index (κ3) is 1.36. The number of hydrogen-bond acceptors (Lipinski definition) is 3. The Morgan fingerprint density at radius 1 is 1.15 bits per heavy atom. The van der Waals surface area contributed by atoms with Gasteiger partial charge in [0.1, 0.15) is 16.9 Å². The van der Waals surface area contributed by atoms with Gasteiger partial charge in [-0.2, -0.15) is 0 Å². The molecule has 1 N–H and O–H groups in total. The summed E-state index contributed by atoms with van der Waals surface area (Å²) >= 11 is 0. The predicted octanol–water partition coefficient (Wildman–Crippen LogP) is 2.26. The highest BCUT2D eigenvalue weighted by atomic mass is 16.3. The Morgan fingerprint density at radius 3 is 2.65 bits per heavy atom. The van der Waals surface area contributed by atoms with Crippen molar-refractivity contribution in [3.05, 3.63) is 53.8 Å². The van der Waals surface area contributed by atoms with Gasteiger partial charge in [0.15, 0.2) is 0 Å². The van der Waals surface area contributed by atoms with E-state index in [1.165, 1.54) is 0 Å². The monoisotopic (exact) mass is 265 g/mol. The minimum Gasteiger partial charge on any atom is -0.456 e. The van der Waals surface area contributed by atoms with Gasteiger partial charge in [-0.25, -0.2) is 0 Å². The van der Waals surface area contributed by atoms with Crippen molar-refractivity contribution in [2.75, 3.05) is 0 Å². The third-order valence-corrected chi connectivity index (χ3v) is 3.92. The summed E-state index contributed by atoms with van der Waals surface area (Å²) in [5.74, 6) is 0.869. The first-order valence-electron chi connectivity index (χ1n) is 6.42. The van der Waals surface area contributed by atoms with E-state index < -0.39 is 5.41 Å². The molecular weight excluding hydrogens is 254 g/mol. The van der Waals surface area contributed by atoms with E-state index in [0.717, 1.165) is 11.1 Å². The Labute approximate surface area is 115 Å². The molecule has 1 aromatic heterocycles. The average molecular weight is 265 g/mol. The molecule has 0 saturated carbocycles. The second-order valence-corrected chi connectivity index (χ2v) is 5.11. The van der Waals surface area contributed by atoms with E-state index in [1.54, 1.807) is 12.2 Å². The van der Waals surface area contributed by atoms with Gasteiger partial charge in [0.05, 0.1) is 0 Å². The fraction of sp³-hybridized carbons (Fsp3) is 0.125. The summed E-state index contributed by atoms with van der Waals surface area (Å²) in [6.45, 7) is 0. The molecule has 20 heavy (non-hydrogen) atoms. The molecule has 2 aliphatic rings. The molecule has 2 amide bonds. The molecule has 4 nitrogen and oxygen atoms in total. The topological polar surface area (TPSA) is 59.3 Å². The van der Waals surface area contributed by atoms with E-state index >= 15 is 0 Å². The summed E-state index contributed by atoms with van der Waals surface area (Å²) in [5, 5.41) is 2.37. The van der Waals surface area contributed by atoms with Gasteiger partial charge in [0.2, 0.25) is 11.8 Å². The molecule has 1 aromatic carbocycles. The lowest BCUT2D eigenvalue weighted by Gasteiger charge is -2.15. The van der Waals surface area contributed by atoms with Crippen LogP contribution in [0.2, 0.25) is 0 Å². The molecule has 1 aliphatic heterocycles. The lowest BCUT2D eigenvalue weighted by Crippen LogP contribution is -2.32. The molecule has 4 heteroatoms. The normalized spacial score (nSPS) is 23.4. The highest BCUT2D eigenvalue weighted by molar-refractivity contribution is 6.12. The molecule has 1 aliphatic carbocycles. The number of fused-ring (bicyclic) bond motifs is 2. The van der Waals surface area contributed by atoms with Gasteiger partial charge in [-0.15, -0.1) is 0 Å². The number of hydrogen-bond donors (Lipinski definition) is 1. The van der Waals surface area contributed by atoms with Crippen molar-refractivity contribution in [2.45, 2.75) is 11.8 Å². The largest absolute Gasteiger partial charge is 0.456 e. The lowest BCUT2D eigenvalue weighted by atomic mass is 9.82. The summed E-state index contributed by atoms with van der Waals surface area (Å²) < 4.78 is 5.80. The molecule has 98 valence electrons. The van der Waals surface area contributed by atoms with E-state index in [0.29, 0.717) is 11.5 Å². The maximum atomic E-state index is 12.1. The van der Waals surface area contributed by atoms with Crippen LogP contribution in [0.3, 0.4) is 0 Å². The number of carbonyl (C=O) groups excluding carboxylic acids is 2. The van der Waals surface area contributed by atoms with Gasteiger partial charge in [0.25, 0.3) is 0 Å². The molecule has 1 unspecified atom stereocenters. The van der Waals surface area contributed by atoms with Crippen LogP contribution in [-0.4, -0.2) is 11.8 Å². The van der Waals surface area contributed by atoms with Crippen molar-refractivity contribution in [3.63, 3.8) is 0 Å². The number of carbonyl (C=O) groups is 2. The number of imide groups is 1. The van der Waals surface area contributed by atoms with E-state index in [-0.39, 0.29) is 18.2 Å². The zero-order valence-corrected chi connectivity index (χ0v) is 10.6. The van der Waals surface area contributed by atoms with Crippen LogP contribution in [0.25, 0.3) is 17.4 Å². The summed E-state index contributed by atoms with van der Waals surface area (Å²) in [4.78, 5) is 23.6. The average Bonchev–Trinajstić information content (AvgIpc) is 3.08. The van der Waals surface area contributed by atoms with Crippen LogP contribution in [0.4, 0.5) is 0 Å². The number of rotatable bonds is 1. The van der Waals surface area contributed by atoms with Crippen LogP contribution in [0, 0.1) is 0 Å². The van der Waals surface area contributed by atoms with Crippen LogP contribution in [-0.2, 0) is 15.0 Å². The zero-order chi connectivity index (χ0) is 13.7. The van der Waals surface area contributed by atoms with Crippen molar-refractivity contribution < 1.29 is 14.0 Å². The van der Waals surface area contributed by atoms with Crippen molar-refractivity contribution in [1.82, 2.24) is 5.32 Å². The van der Waals surface area contributed by atoms with E-state index in [4.69, 9.17) is 4.42 Å². The SMILES string of the molecule is O=C1CC2(C=Cc3oc(-c4ccccc4)cc32)C(=O)N1. The smallest absolute Gasteiger partial charge is 0.241 e. The molecule has 0 bridgehead atoms. The molecule has 0 radical (unpaired) electrons. The Kier molecular flexibility index (Phi) is 2.07. The fourth-order valence-corrected chi connectivity index (χ4v) is 2.90. The number of amides is 2. The van der Waals surface area contributed by atoms with E-state index in [1.807, 2.05) is 36.4 Å². The lowest BCUT2D eigenvalue weighted by molar-refractivity contribution is -0.125. The van der Waals surface area contributed by atoms with Crippen LogP contribution < -0.4 is 5.32 Å². The number of furan rings is 1. The summed E-state index contributed by atoms with van der Waals surface area (Å²) in [6.07, 6.45) is 3.69. The van der Waals surface area contributed by atoms with E-state index in [2.05, 4.69) is 5.32 Å². The van der Waals surface area contributed by atoms with Crippen LogP contribution in [0.5, 0.6) is 0 Å². The van der Waals surface area contributed by atoms with Gasteiger partial charge >= 0.3 is 0 Å². The maximum absolute atomic E-state index is 12.1. The Morgan fingerprint density at radius 2 is 1.95 bits per heavy atom. The molecule has 2 aromatic rings. The molecule has 1 saturated heterocycles. The summed E-state index contributed by atoms with van der Waals surface area (Å²) in [5.41, 5.74) is 0.859. The highest BCUT2D eigenvalue weighted by Gasteiger charge is 2.50.